The van der Waals surface area contributed by atoms with Gasteiger partial charge in [0.15, 0.2) is 6.54 Å². The Labute approximate surface area is 148 Å². The monoisotopic (exact) mass is 342 g/mol. The Bertz CT molecular complexity index is 650. The molecule has 5 heteroatoms. The Balaban J connectivity index is 1.35. The highest BCUT2D eigenvalue weighted by molar-refractivity contribution is 5.97. The molecule has 0 atom stereocenters. The molecule has 5 nitrogen and oxygen atoms in total. The van der Waals surface area contributed by atoms with Crippen LogP contribution in [0.4, 0.5) is 5.69 Å². The average molecular weight is 342 g/mol. The van der Waals surface area contributed by atoms with E-state index in [2.05, 4.69) is 16.0 Å². The van der Waals surface area contributed by atoms with E-state index >= 15 is 0 Å². The van der Waals surface area contributed by atoms with Crippen LogP contribution in [0.2, 0.25) is 0 Å². The summed E-state index contributed by atoms with van der Waals surface area (Å²) in [7, 11) is 1.61. The van der Waals surface area contributed by atoms with Crippen LogP contribution in [0.3, 0.4) is 0 Å². The normalized spacial score (nSPS) is 32.4. The highest BCUT2D eigenvalue weighted by Crippen LogP contribution is 2.54. The number of quaternary nitrogens is 1. The number of rotatable bonds is 5. The number of carbonyl (C=O) groups is 2. The smallest absolute Gasteiger partial charge is 0.279 e. The molecular weight excluding hydrogens is 314 g/mol. The zero-order valence-electron chi connectivity index (χ0n) is 14.9. The third kappa shape index (κ3) is 3.43. The van der Waals surface area contributed by atoms with Crippen molar-refractivity contribution >= 4 is 17.5 Å². The van der Waals surface area contributed by atoms with Gasteiger partial charge in [0, 0.05) is 37.6 Å². The van der Waals surface area contributed by atoms with Gasteiger partial charge in [-0.25, -0.2) is 0 Å². The Hall–Kier alpha value is -1.88. The molecule has 5 rings (SSSR count). The fraction of sp³-hybridized carbons (Fsp3) is 0.600. The third-order valence-corrected chi connectivity index (χ3v) is 6.44. The van der Waals surface area contributed by atoms with Crippen LogP contribution in [-0.2, 0) is 4.79 Å². The van der Waals surface area contributed by atoms with Crippen LogP contribution in [0.25, 0.3) is 0 Å². The summed E-state index contributed by atoms with van der Waals surface area (Å²) in [5.74, 6) is 2.57. The number of anilines is 1. The van der Waals surface area contributed by atoms with Crippen LogP contribution < -0.4 is 16.0 Å². The first kappa shape index (κ1) is 16.6. The molecule has 0 saturated heterocycles. The number of amides is 2. The number of hydrogen-bond donors (Lipinski definition) is 3. The van der Waals surface area contributed by atoms with Crippen molar-refractivity contribution in [1.82, 2.24) is 5.32 Å². The second-order valence-corrected chi connectivity index (χ2v) is 8.40. The summed E-state index contributed by atoms with van der Waals surface area (Å²) in [5, 5.41) is 7.86. The maximum absolute atomic E-state index is 12.4. The second-order valence-electron chi connectivity index (χ2n) is 8.40. The summed E-state index contributed by atoms with van der Waals surface area (Å²) in [4.78, 5) is 24.1. The van der Waals surface area contributed by atoms with E-state index in [0.29, 0.717) is 23.3 Å². The lowest BCUT2D eigenvalue weighted by molar-refractivity contribution is -0.729. The van der Waals surface area contributed by atoms with Gasteiger partial charge in [-0.3, -0.25) is 9.59 Å². The first-order valence-electron chi connectivity index (χ1n) is 9.51. The predicted molar refractivity (Wildman–Crippen MR) is 96.2 cm³/mol. The number of nitrogens with one attached hydrogen (secondary N) is 2. The Morgan fingerprint density at radius 2 is 1.76 bits per heavy atom. The summed E-state index contributed by atoms with van der Waals surface area (Å²) in [6.07, 6.45) is 8.14. The summed E-state index contributed by atoms with van der Waals surface area (Å²) < 4.78 is 0. The first-order chi connectivity index (χ1) is 12.0. The fourth-order valence-corrected chi connectivity index (χ4v) is 5.83. The minimum absolute atomic E-state index is 0.0183. The van der Waals surface area contributed by atoms with E-state index in [1.807, 2.05) is 6.07 Å². The van der Waals surface area contributed by atoms with Gasteiger partial charge in [-0.05, 0) is 55.2 Å². The van der Waals surface area contributed by atoms with Gasteiger partial charge in [-0.2, -0.15) is 0 Å². The molecule has 2 amide bonds. The number of nitrogens with two attached hydrogens (primary N) is 1. The lowest BCUT2D eigenvalue weighted by Gasteiger charge is -2.54. The molecule has 1 aromatic rings. The summed E-state index contributed by atoms with van der Waals surface area (Å²) in [5.41, 5.74) is 1.56. The molecule has 4 aliphatic rings. The van der Waals surface area contributed by atoms with Gasteiger partial charge in [-0.1, -0.05) is 6.07 Å². The Morgan fingerprint density at radius 1 is 1.12 bits per heavy atom. The van der Waals surface area contributed by atoms with Crippen molar-refractivity contribution < 1.29 is 14.9 Å². The minimum Gasteiger partial charge on any atom is -0.355 e. The molecule has 0 aromatic heterocycles. The Morgan fingerprint density at radius 3 is 2.36 bits per heavy atom. The molecule has 0 heterocycles. The average Bonchev–Trinajstić information content (AvgIpc) is 2.58. The van der Waals surface area contributed by atoms with Crippen LogP contribution >= 0.6 is 0 Å². The van der Waals surface area contributed by atoms with Crippen molar-refractivity contribution in [3.05, 3.63) is 29.8 Å². The molecule has 25 heavy (non-hydrogen) atoms. The molecule has 0 radical (unpaired) electrons. The molecule has 4 fully saturated rings. The van der Waals surface area contributed by atoms with Gasteiger partial charge in [0.1, 0.15) is 0 Å². The van der Waals surface area contributed by atoms with E-state index in [1.165, 1.54) is 38.5 Å². The highest BCUT2D eigenvalue weighted by Gasteiger charge is 2.53. The van der Waals surface area contributed by atoms with Crippen molar-refractivity contribution in [2.45, 2.75) is 44.1 Å². The van der Waals surface area contributed by atoms with Gasteiger partial charge in [0.25, 0.3) is 11.8 Å². The summed E-state index contributed by atoms with van der Waals surface area (Å²) in [6.45, 7) is 0.469. The number of benzene rings is 1. The number of hydrogen-bond acceptors (Lipinski definition) is 2. The zero-order valence-corrected chi connectivity index (χ0v) is 14.9. The van der Waals surface area contributed by atoms with E-state index in [0.717, 1.165) is 17.8 Å². The molecule has 1 aromatic carbocycles. The zero-order chi connectivity index (χ0) is 17.4. The second kappa shape index (κ2) is 6.45. The topological polar surface area (TPSA) is 74.8 Å². The highest BCUT2D eigenvalue weighted by atomic mass is 16.2. The van der Waals surface area contributed by atoms with Gasteiger partial charge < -0.3 is 16.0 Å². The van der Waals surface area contributed by atoms with Crippen LogP contribution in [0.1, 0.15) is 48.9 Å². The van der Waals surface area contributed by atoms with Crippen molar-refractivity contribution in [2.24, 2.45) is 17.8 Å². The van der Waals surface area contributed by atoms with Crippen LogP contribution in [-0.4, -0.2) is 30.9 Å². The van der Waals surface area contributed by atoms with Crippen LogP contribution in [0.15, 0.2) is 24.3 Å². The molecule has 4 aliphatic carbocycles. The molecule has 0 aliphatic heterocycles. The maximum Gasteiger partial charge on any atom is 0.279 e. The van der Waals surface area contributed by atoms with E-state index in [1.54, 1.807) is 25.2 Å². The standard InChI is InChI=1S/C20H27N3O2/c1-21-19(25)16-3-2-4-17(8-16)23-18(24)12-22-20-9-13-5-14(10-20)7-15(6-13)11-20/h2-4,8,13-15,22H,5-7,9-12H2,1H3,(H,21,25)(H,23,24)/p+1. The quantitative estimate of drug-likeness (QED) is 0.759. The summed E-state index contributed by atoms with van der Waals surface area (Å²) >= 11 is 0. The van der Waals surface area contributed by atoms with E-state index in [-0.39, 0.29) is 11.8 Å². The lowest BCUT2D eigenvalue weighted by atomic mass is 9.53. The molecule has 134 valence electrons. The fourth-order valence-electron chi connectivity index (χ4n) is 5.83. The molecule has 4 N–H and O–H groups in total. The molecule has 0 spiro atoms. The first-order valence-corrected chi connectivity index (χ1v) is 9.51. The molecule has 0 unspecified atom stereocenters. The minimum atomic E-state index is -0.142. The summed E-state index contributed by atoms with van der Waals surface area (Å²) in [6, 6.07) is 7.09. The molecular formula is C20H28N3O2+. The van der Waals surface area contributed by atoms with Gasteiger partial charge >= 0.3 is 0 Å². The molecule has 4 saturated carbocycles. The van der Waals surface area contributed by atoms with E-state index in [4.69, 9.17) is 0 Å². The van der Waals surface area contributed by atoms with Crippen molar-refractivity contribution in [3.8, 4) is 0 Å². The van der Waals surface area contributed by atoms with Crippen molar-refractivity contribution in [3.63, 3.8) is 0 Å². The van der Waals surface area contributed by atoms with E-state index in [9.17, 15) is 9.59 Å². The van der Waals surface area contributed by atoms with Crippen molar-refractivity contribution in [2.75, 3.05) is 18.9 Å². The predicted octanol–water partition coefficient (Wildman–Crippen LogP) is 1.52. The van der Waals surface area contributed by atoms with Gasteiger partial charge in [-0.15, -0.1) is 0 Å². The maximum atomic E-state index is 12.4. The van der Waals surface area contributed by atoms with Gasteiger partial charge in [0.05, 0.1) is 5.54 Å². The van der Waals surface area contributed by atoms with E-state index < -0.39 is 0 Å². The van der Waals surface area contributed by atoms with Crippen molar-refractivity contribution in [1.29, 1.82) is 0 Å². The largest absolute Gasteiger partial charge is 0.355 e. The lowest BCUT2D eigenvalue weighted by Crippen LogP contribution is -3.00. The SMILES string of the molecule is CNC(=O)c1cccc(NC(=O)C[NH2+]C23CC4CC(CC(C4)C2)C3)c1. The van der Waals surface area contributed by atoms with Gasteiger partial charge in [0.2, 0.25) is 0 Å². The molecule has 4 bridgehead atoms. The Kier molecular flexibility index (Phi) is 4.28. The number of carbonyl (C=O) groups excluding carboxylic acids is 2. The van der Waals surface area contributed by atoms with Crippen LogP contribution in [0, 0.1) is 17.8 Å². The van der Waals surface area contributed by atoms with Crippen LogP contribution in [0.5, 0.6) is 0 Å². The third-order valence-electron chi connectivity index (χ3n) is 6.44.